The van der Waals surface area contributed by atoms with Crippen molar-refractivity contribution < 1.29 is 13.6 Å². The maximum Gasteiger partial charge on any atom is 0.287 e. The van der Waals surface area contributed by atoms with Gasteiger partial charge in [0.2, 0.25) is 0 Å². The zero-order valence-corrected chi connectivity index (χ0v) is 15.1. The first-order valence-electron chi connectivity index (χ1n) is 8.61. The highest BCUT2D eigenvalue weighted by molar-refractivity contribution is 5.92. The molecule has 0 aliphatic rings. The van der Waals surface area contributed by atoms with E-state index >= 15 is 0 Å². The third-order valence-corrected chi connectivity index (χ3v) is 3.82. The van der Waals surface area contributed by atoms with E-state index in [-0.39, 0.29) is 11.7 Å². The van der Waals surface area contributed by atoms with Gasteiger partial charge in [-0.1, -0.05) is 12.1 Å². The Morgan fingerprint density at radius 2 is 1.92 bits per heavy atom. The topological polar surface area (TPSA) is 78.7 Å². The van der Waals surface area contributed by atoms with Gasteiger partial charge in [0, 0.05) is 32.2 Å². The highest BCUT2D eigenvalue weighted by Gasteiger charge is 2.11. The first kappa shape index (κ1) is 19.5. The Bertz CT molecular complexity index is 743. The standard InChI is InChI=1S/C19H25FN4O2/c1-14-8-12-26-17(14)18(25)22-9-4-10-23-19(21-2)24-11-7-15-5-3-6-16(20)13-15/h3,5-6,8,12-13H,4,7,9-11H2,1-2H3,(H,22,25)(H2,21,23,24). The predicted molar refractivity (Wildman–Crippen MR) is 99.9 cm³/mol. The van der Waals surface area contributed by atoms with Crippen molar-refractivity contribution in [2.24, 2.45) is 4.99 Å². The summed E-state index contributed by atoms with van der Waals surface area (Å²) in [5, 5.41) is 9.18. The second-order valence-corrected chi connectivity index (χ2v) is 5.85. The Hall–Kier alpha value is -2.83. The van der Waals surface area contributed by atoms with Gasteiger partial charge in [-0.05, 0) is 43.5 Å². The number of carbonyl (C=O) groups is 1. The molecular weight excluding hydrogens is 335 g/mol. The van der Waals surface area contributed by atoms with Crippen LogP contribution in [0, 0.1) is 12.7 Å². The summed E-state index contributed by atoms with van der Waals surface area (Å²) in [6, 6.07) is 8.32. The molecule has 0 spiro atoms. The lowest BCUT2D eigenvalue weighted by Crippen LogP contribution is -2.39. The molecule has 140 valence electrons. The molecule has 1 heterocycles. The number of hydrogen-bond acceptors (Lipinski definition) is 3. The lowest BCUT2D eigenvalue weighted by atomic mass is 10.1. The van der Waals surface area contributed by atoms with Gasteiger partial charge < -0.3 is 20.4 Å². The van der Waals surface area contributed by atoms with Crippen molar-refractivity contribution in [3.63, 3.8) is 0 Å². The fourth-order valence-corrected chi connectivity index (χ4v) is 2.42. The lowest BCUT2D eigenvalue weighted by Gasteiger charge is -2.12. The first-order valence-corrected chi connectivity index (χ1v) is 8.61. The van der Waals surface area contributed by atoms with Crippen LogP contribution >= 0.6 is 0 Å². The predicted octanol–water partition coefficient (Wildman–Crippen LogP) is 2.25. The number of amides is 1. The second kappa shape index (κ2) is 10.2. The zero-order valence-electron chi connectivity index (χ0n) is 15.1. The molecule has 6 nitrogen and oxygen atoms in total. The Morgan fingerprint density at radius 3 is 2.62 bits per heavy atom. The molecule has 0 fully saturated rings. The molecule has 0 atom stereocenters. The van der Waals surface area contributed by atoms with Crippen molar-refractivity contribution in [3.05, 3.63) is 59.3 Å². The maximum absolute atomic E-state index is 13.1. The van der Waals surface area contributed by atoms with Gasteiger partial charge in [-0.2, -0.15) is 0 Å². The largest absolute Gasteiger partial charge is 0.459 e. The minimum absolute atomic E-state index is 0.204. The number of hydrogen-bond donors (Lipinski definition) is 3. The van der Waals surface area contributed by atoms with E-state index in [0.29, 0.717) is 37.8 Å². The Kier molecular flexibility index (Phi) is 7.67. The van der Waals surface area contributed by atoms with Gasteiger partial charge in [0.1, 0.15) is 5.82 Å². The molecular formula is C19H25FN4O2. The minimum Gasteiger partial charge on any atom is -0.459 e. The number of halogens is 1. The normalized spacial score (nSPS) is 11.3. The Morgan fingerprint density at radius 1 is 1.15 bits per heavy atom. The smallest absolute Gasteiger partial charge is 0.287 e. The highest BCUT2D eigenvalue weighted by atomic mass is 19.1. The molecule has 0 saturated carbocycles. The van der Waals surface area contributed by atoms with Gasteiger partial charge in [0.15, 0.2) is 11.7 Å². The van der Waals surface area contributed by atoms with Crippen LogP contribution < -0.4 is 16.0 Å². The number of aryl methyl sites for hydroxylation is 1. The van der Waals surface area contributed by atoms with Gasteiger partial charge >= 0.3 is 0 Å². The van der Waals surface area contributed by atoms with E-state index in [4.69, 9.17) is 4.42 Å². The Labute approximate surface area is 152 Å². The van der Waals surface area contributed by atoms with Crippen molar-refractivity contribution in [1.82, 2.24) is 16.0 Å². The van der Waals surface area contributed by atoms with Gasteiger partial charge in [-0.15, -0.1) is 0 Å². The molecule has 2 aromatic rings. The SMILES string of the molecule is CN=C(NCCCNC(=O)c1occc1C)NCCc1cccc(F)c1. The lowest BCUT2D eigenvalue weighted by molar-refractivity contribution is 0.0925. The van der Waals surface area contributed by atoms with Gasteiger partial charge in [-0.3, -0.25) is 9.79 Å². The Balaban J connectivity index is 1.60. The van der Waals surface area contributed by atoms with Gasteiger partial charge in [0.25, 0.3) is 5.91 Å². The molecule has 26 heavy (non-hydrogen) atoms. The number of benzene rings is 1. The number of aliphatic imine (C=N–C) groups is 1. The summed E-state index contributed by atoms with van der Waals surface area (Å²) in [6.07, 6.45) is 2.96. The van der Waals surface area contributed by atoms with E-state index in [1.807, 2.05) is 13.0 Å². The van der Waals surface area contributed by atoms with Crippen molar-refractivity contribution in [2.75, 3.05) is 26.7 Å². The number of guanidine groups is 1. The van der Waals surface area contributed by atoms with E-state index in [9.17, 15) is 9.18 Å². The molecule has 1 aromatic carbocycles. The number of rotatable bonds is 8. The van der Waals surface area contributed by atoms with E-state index in [1.54, 1.807) is 19.2 Å². The van der Waals surface area contributed by atoms with Crippen LogP contribution in [0.4, 0.5) is 4.39 Å². The van der Waals surface area contributed by atoms with E-state index < -0.39 is 0 Å². The van der Waals surface area contributed by atoms with E-state index in [1.165, 1.54) is 18.4 Å². The van der Waals surface area contributed by atoms with Crippen molar-refractivity contribution in [3.8, 4) is 0 Å². The summed E-state index contributed by atoms with van der Waals surface area (Å²) >= 11 is 0. The first-order chi connectivity index (χ1) is 12.6. The number of nitrogens with one attached hydrogen (secondary N) is 3. The fourth-order valence-electron chi connectivity index (χ4n) is 2.42. The summed E-state index contributed by atoms with van der Waals surface area (Å²) in [5.74, 6) is 0.601. The molecule has 0 aliphatic heterocycles. The third-order valence-electron chi connectivity index (χ3n) is 3.82. The second-order valence-electron chi connectivity index (χ2n) is 5.85. The summed E-state index contributed by atoms with van der Waals surface area (Å²) < 4.78 is 18.3. The van der Waals surface area contributed by atoms with Crippen LogP contribution in [-0.4, -0.2) is 38.5 Å². The molecule has 2 rings (SSSR count). The van der Waals surface area contributed by atoms with Crippen molar-refractivity contribution in [2.45, 2.75) is 19.8 Å². The average molecular weight is 360 g/mol. The molecule has 1 amide bonds. The maximum atomic E-state index is 13.1. The molecule has 7 heteroatoms. The molecule has 0 saturated heterocycles. The van der Waals surface area contributed by atoms with Crippen LogP contribution in [0.2, 0.25) is 0 Å². The van der Waals surface area contributed by atoms with E-state index in [0.717, 1.165) is 17.5 Å². The van der Waals surface area contributed by atoms with Crippen LogP contribution in [0.5, 0.6) is 0 Å². The molecule has 1 aromatic heterocycles. The summed E-state index contributed by atoms with van der Waals surface area (Å²) in [4.78, 5) is 16.0. The molecule has 0 aliphatic carbocycles. The van der Waals surface area contributed by atoms with E-state index in [2.05, 4.69) is 20.9 Å². The van der Waals surface area contributed by atoms with Crippen LogP contribution in [0.1, 0.15) is 28.1 Å². The third kappa shape index (κ3) is 6.23. The van der Waals surface area contributed by atoms with Crippen LogP contribution in [0.3, 0.4) is 0 Å². The van der Waals surface area contributed by atoms with Gasteiger partial charge in [-0.25, -0.2) is 4.39 Å². The molecule has 0 radical (unpaired) electrons. The van der Waals surface area contributed by atoms with Crippen LogP contribution in [0.25, 0.3) is 0 Å². The number of furan rings is 1. The quantitative estimate of drug-likeness (QED) is 0.383. The zero-order chi connectivity index (χ0) is 18.8. The fraction of sp³-hybridized carbons (Fsp3) is 0.368. The highest BCUT2D eigenvalue weighted by Crippen LogP contribution is 2.07. The molecule has 3 N–H and O–H groups in total. The van der Waals surface area contributed by atoms with Gasteiger partial charge in [0.05, 0.1) is 6.26 Å². The molecule has 0 bridgehead atoms. The summed E-state index contributed by atoms with van der Waals surface area (Å²) in [5.41, 5.74) is 1.76. The van der Waals surface area contributed by atoms with Crippen LogP contribution in [0.15, 0.2) is 46.0 Å². The average Bonchev–Trinajstić information content (AvgIpc) is 3.06. The van der Waals surface area contributed by atoms with Crippen molar-refractivity contribution >= 4 is 11.9 Å². The van der Waals surface area contributed by atoms with Crippen LogP contribution in [-0.2, 0) is 6.42 Å². The monoisotopic (exact) mass is 360 g/mol. The molecule has 0 unspecified atom stereocenters. The minimum atomic E-state index is -0.225. The number of nitrogens with zero attached hydrogens (tertiary/aromatic N) is 1. The summed E-state index contributed by atoms with van der Waals surface area (Å²) in [7, 11) is 1.69. The summed E-state index contributed by atoms with van der Waals surface area (Å²) in [6.45, 7) is 3.68. The van der Waals surface area contributed by atoms with Crippen molar-refractivity contribution in [1.29, 1.82) is 0 Å². The number of carbonyl (C=O) groups excluding carboxylic acids is 1.